The molecule has 1 aliphatic rings. The fraction of sp³-hybridized carbons (Fsp3) is 0.500. The number of hydrogen-bond acceptors (Lipinski definition) is 5. The maximum Gasteiger partial charge on any atom is 0.218 e. The third-order valence-electron chi connectivity index (χ3n) is 4.16. The van der Waals surface area contributed by atoms with Crippen LogP contribution in [0.2, 0.25) is 0 Å². The summed E-state index contributed by atoms with van der Waals surface area (Å²) in [4.78, 5) is 8.33. The molecule has 136 valence electrons. The molecule has 0 bridgehead atoms. The summed E-state index contributed by atoms with van der Waals surface area (Å²) >= 11 is 0. The van der Waals surface area contributed by atoms with Crippen LogP contribution >= 0.6 is 0 Å². The number of aryl methyl sites for hydroxylation is 1. The monoisotopic (exact) mass is 345 g/mol. The van der Waals surface area contributed by atoms with Crippen LogP contribution in [0, 0.1) is 17.7 Å². The lowest BCUT2D eigenvalue weighted by Gasteiger charge is -2.35. The molecule has 3 N–H and O–H groups in total. The number of benzene rings is 1. The molecule has 1 aliphatic heterocycles. The molecule has 1 fully saturated rings. The highest BCUT2D eigenvalue weighted by atomic mass is 16.6. The van der Waals surface area contributed by atoms with Gasteiger partial charge in [0.25, 0.3) is 0 Å². The highest BCUT2D eigenvalue weighted by molar-refractivity contribution is 6.39. The minimum absolute atomic E-state index is 0.170. The Balaban J connectivity index is 1.92. The van der Waals surface area contributed by atoms with Crippen LogP contribution in [0.1, 0.15) is 18.1 Å². The van der Waals surface area contributed by atoms with E-state index in [4.69, 9.17) is 15.6 Å². The molecule has 1 aromatic rings. The van der Waals surface area contributed by atoms with Gasteiger partial charge >= 0.3 is 0 Å². The zero-order valence-electron chi connectivity index (χ0n) is 14.9. The van der Waals surface area contributed by atoms with Crippen molar-refractivity contribution in [1.82, 2.24) is 9.80 Å². The number of aliphatic hydroxyl groups is 1. The summed E-state index contributed by atoms with van der Waals surface area (Å²) in [6, 6.07) is 7.78. The van der Waals surface area contributed by atoms with E-state index in [1.165, 1.54) is 6.21 Å². The molecule has 1 saturated heterocycles. The van der Waals surface area contributed by atoms with Gasteiger partial charge < -0.3 is 20.2 Å². The minimum atomic E-state index is -0.764. The summed E-state index contributed by atoms with van der Waals surface area (Å²) in [5.74, 6) is 0.170. The van der Waals surface area contributed by atoms with Gasteiger partial charge in [-0.05, 0) is 13.8 Å². The molecule has 0 radical (unpaired) electrons. The Morgan fingerprint density at radius 2 is 1.92 bits per heavy atom. The standard InChI is InChI=1S/C18H27N5O2/c1-3-25-17(24)13-22-8-10-23(11-9-22)18(20)21-16(12-19)15-6-4-14(2)5-7-15/h4-7,12,17,19-20,24H,3,8-11,13H2,1-2H3/t17-/m0/s1. The Labute approximate surface area is 148 Å². The third-order valence-corrected chi connectivity index (χ3v) is 4.16. The summed E-state index contributed by atoms with van der Waals surface area (Å²) in [7, 11) is 0. The summed E-state index contributed by atoms with van der Waals surface area (Å²) < 4.78 is 5.15. The number of rotatable bonds is 6. The van der Waals surface area contributed by atoms with Crippen molar-refractivity contribution in [3.8, 4) is 0 Å². The molecule has 25 heavy (non-hydrogen) atoms. The number of hydrogen-bond donors (Lipinski definition) is 3. The fourth-order valence-electron chi connectivity index (χ4n) is 2.70. The number of guanidine groups is 1. The van der Waals surface area contributed by atoms with Gasteiger partial charge in [-0.3, -0.25) is 10.3 Å². The van der Waals surface area contributed by atoms with Gasteiger partial charge in [-0.1, -0.05) is 29.8 Å². The smallest absolute Gasteiger partial charge is 0.218 e. The minimum Gasteiger partial charge on any atom is -0.367 e. The second-order valence-corrected chi connectivity index (χ2v) is 6.03. The lowest BCUT2D eigenvalue weighted by molar-refractivity contribution is -0.111. The number of ether oxygens (including phenoxy) is 1. The van der Waals surface area contributed by atoms with E-state index in [2.05, 4.69) is 9.89 Å². The van der Waals surface area contributed by atoms with Crippen LogP contribution in [0.4, 0.5) is 0 Å². The van der Waals surface area contributed by atoms with Crippen molar-refractivity contribution in [1.29, 1.82) is 10.8 Å². The van der Waals surface area contributed by atoms with Crippen molar-refractivity contribution in [2.45, 2.75) is 20.1 Å². The van der Waals surface area contributed by atoms with E-state index in [-0.39, 0.29) is 5.96 Å². The zero-order chi connectivity index (χ0) is 18.2. The Kier molecular flexibility index (Phi) is 7.24. The predicted molar refractivity (Wildman–Crippen MR) is 99.9 cm³/mol. The molecular weight excluding hydrogens is 318 g/mol. The fourth-order valence-corrected chi connectivity index (χ4v) is 2.70. The van der Waals surface area contributed by atoms with E-state index in [0.717, 1.165) is 24.2 Å². The van der Waals surface area contributed by atoms with Crippen LogP contribution in [-0.4, -0.2) is 78.4 Å². The first-order valence-corrected chi connectivity index (χ1v) is 8.55. The molecule has 7 heteroatoms. The summed E-state index contributed by atoms with van der Waals surface area (Å²) in [5.41, 5.74) is 2.47. The molecule has 7 nitrogen and oxygen atoms in total. The Bertz CT molecular complexity index is 606. The molecule has 2 rings (SSSR count). The van der Waals surface area contributed by atoms with Gasteiger partial charge in [0, 0.05) is 51.1 Å². The third kappa shape index (κ3) is 5.74. The molecule has 1 heterocycles. The summed E-state index contributed by atoms with van der Waals surface area (Å²) in [6.07, 6.45) is 0.425. The maximum absolute atomic E-state index is 9.71. The normalized spacial score (nSPS) is 17.4. The SMILES string of the molecule is CCO[C@H](O)CN1CCN(C(=N)N=C(C=N)c2ccc(C)cc2)CC1. The molecule has 0 aromatic heterocycles. The van der Waals surface area contributed by atoms with Crippen LogP contribution in [0.25, 0.3) is 0 Å². The van der Waals surface area contributed by atoms with E-state index >= 15 is 0 Å². The number of aliphatic hydroxyl groups excluding tert-OH is 1. The average molecular weight is 345 g/mol. The van der Waals surface area contributed by atoms with Crippen molar-refractivity contribution in [2.75, 3.05) is 39.3 Å². The van der Waals surface area contributed by atoms with Gasteiger partial charge in [0.2, 0.25) is 5.96 Å². The van der Waals surface area contributed by atoms with Gasteiger partial charge in [-0.2, -0.15) is 0 Å². The molecule has 0 unspecified atom stereocenters. The van der Waals surface area contributed by atoms with Gasteiger partial charge in [-0.25, -0.2) is 4.99 Å². The van der Waals surface area contributed by atoms with Crippen LogP contribution in [0.5, 0.6) is 0 Å². The first-order chi connectivity index (χ1) is 12.0. The molecule has 1 atom stereocenters. The average Bonchev–Trinajstić information content (AvgIpc) is 2.61. The Morgan fingerprint density at radius 1 is 1.28 bits per heavy atom. The number of nitrogens with zero attached hydrogens (tertiary/aromatic N) is 3. The van der Waals surface area contributed by atoms with E-state index in [0.29, 0.717) is 32.0 Å². The molecule has 0 amide bonds. The van der Waals surface area contributed by atoms with Gasteiger partial charge in [0.1, 0.15) is 0 Å². The molecule has 0 aliphatic carbocycles. The molecule has 1 aromatic carbocycles. The molecule has 0 saturated carbocycles. The number of β-amino-alcohol motifs (C(OH)–C–C–N with tert-alkyl or cyclic N) is 1. The highest BCUT2D eigenvalue weighted by Gasteiger charge is 2.21. The lowest BCUT2D eigenvalue weighted by Crippen LogP contribution is -2.50. The van der Waals surface area contributed by atoms with Gasteiger partial charge in [0.15, 0.2) is 6.29 Å². The molecule has 0 spiro atoms. The maximum atomic E-state index is 9.71. The van der Waals surface area contributed by atoms with Gasteiger partial charge in [-0.15, -0.1) is 0 Å². The molecular formula is C18H27N5O2. The van der Waals surface area contributed by atoms with E-state index in [9.17, 15) is 5.11 Å². The number of aliphatic imine (C=N–C) groups is 1. The van der Waals surface area contributed by atoms with Crippen LogP contribution in [-0.2, 0) is 4.74 Å². The first kappa shape index (κ1) is 19.2. The summed E-state index contributed by atoms with van der Waals surface area (Å²) in [5, 5.41) is 25.5. The summed E-state index contributed by atoms with van der Waals surface area (Å²) in [6.45, 7) is 7.66. The van der Waals surface area contributed by atoms with Crippen molar-refractivity contribution in [3.63, 3.8) is 0 Å². The van der Waals surface area contributed by atoms with Crippen molar-refractivity contribution in [2.24, 2.45) is 4.99 Å². The first-order valence-electron chi connectivity index (χ1n) is 8.55. The van der Waals surface area contributed by atoms with Crippen LogP contribution in [0.15, 0.2) is 29.3 Å². The predicted octanol–water partition coefficient (Wildman–Crippen LogP) is 1.34. The van der Waals surface area contributed by atoms with Gasteiger partial charge in [0.05, 0.1) is 5.71 Å². The van der Waals surface area contributed by atoms with Crippen LogP contribution < -0.4 is 0 Å². The Morgan fingerprint density at radius 3 is 2.48 bits per heavy atom. The van der Waals surface area contributed by atoms with Crippen LogP contribution in [0.3, 0.4) is 0 Å². The largest absolute Gasteiger partial charge is 0.367 e. The highest BCUT2D eigenvalue weighted by Crippen LogP contribution is 2.08. The van der Waals surface area contributed by atoms with E-state index < -0.39 is 6.29 Å². The quantitative estimate of drug-likeness (QED) is 0.412. The van der Waals surface area contributed by atoms with Crippen molar-refractivity contribution >= 4 is 17.9 Å². The zero-order valence-corrected chi connectivity index (χ0v) is 14.9. The lowest BCUT2D eigenvalue weighted by atomic mass is 10.1. The Hall–Kier alpha value is -2.09. The second kappa shape index (κ2) is 9.41. The number of nitrogens with one attached hydrogen (secondary N) is 2. The topological polar surface area (TPSA) is 96.0 Å². The van der Waals surface area contributed by atoms with E-state index in [1.807, 2.05) is 43.0 Å². The van der Waals surface area contributed by atoms with Crippen molar-refractivity contribution in [3.05, 3.63) is 35.4 Å². The van der Waals surface area contributed by atoms with E-state index in [1.54, 1.807) is 0 Å². The van der Waals surface area contributed by atoms with Crippen molar-refractivity contribution < 1.29 is 9.84 Å². The second-order valence-electron chi connectivity index (χ2n) is 6.03. The number of piperazine rings is 1.